The molecule has 0 aromatic carbocycles. The number of aliphatic imine (C=N–C) groups is 1. The van der Waals surface area contributed by atoms with E-state index in [0.717, 1.165) is 18.7 Å². The molecule has 2 nitrogen and oxygen atoms in total. The lowest BCUT2D eigenvalue weighted by Crippen LogP contribution is -2.32. The second-order valence-electron chi connectivity index (χ2n) is 2.69. The molecule has 1 unspecified atom stereocenters. The van der Waals surface area contributed by atoms with Crippen LogP contribution in [0.3, 0.4) is 0 Å². The van der Waals surface area contributed by atoms with E-state index in [1.54, 1.807) is 6.92 Å². The first-order chi connectivity index (χ1) is 4.54. The largest absolute Gasteiger partial charge is 0.384 e. The van der Waals surface area contributed by atoms with Crippen molar-refractivity contribution in [3.63, 3.8) is 0 Å². The van der Waals surface area contributed by atoms with E-state index in [0.29, 0.717) is 0 Å². The van der Waals surface area contributed by atoms with Crippen molar-refractivity contribution in [1.29, 1.82) is 0 Å². The number of rotatable bonds is 3. The molecule has 0 aliphatic heterocycles. The molecule has 0 aromatic rings. The van der Waals surface area contributed by atoms with Crippen molar-refractivity contribution in [2.75, 3.05) is 6.54 Å². The van der Waals surface area contributed by atoms with Crippen molar-refractivity contribution in [3.8, 4) is 0 Å². The summed E-state index contributed by atoms with van der Waals surface area (Å²) in [6.07, 6.45) is 0.725. The summed E-state index contributed by atoms with van der Waals surface area (Å²) in [6, 6.07) is 0. The highest BCUT2D eigenvalue weighted by Gasteiger charge is 2.20. The zero-order valence-corrected chi connectivity index (χ0v) is 7.31. The molecule has 1 N–H and O–H groups in total. The van der Waals surface area contributed by atoms with Gasteiger partial charge in [-0.2, -0.15) is 0 Å². The van der Waals surface area contributed by atoms with Gasteiger partial charge in [0, 0.05) is 12.3 Å². The van der Waals surface area contributed by atoms with Crippen molar-refractivity contribution in [1.82, 2.24) is 0 Å². The maximum atomic E-state index is 9.59. The van der Waals surface area contributed by atoms with E-state index in [9.17, 15) is 5.11 Å². The van der Waals surface area contributed by atoms with Crippen LogP contribution < -0.4 is 0 Å². The summed E-state index contributed by atoms with van der Waals surface area (Å²) in [6.45, 7) is 8.33. The van der Waals surface area contributed by atoms with Crippen molar-refractivity contribution in [3.05, 3.63) is 0 Å². The molecule has 0 radical (unpaired) electrons. The minimum Gasteiger partial charge on any atom is -0.384 e. The first kappa shape index (κ1) is 9.63. The number of hydrogen-bond donors (Lipinski definition) is 1. The summed E-state index contributed by atoms with van der Waals surface area (Å²) in [5.74, 6) is 0. The summed E-state index contributed by atoms with van der Waals surface area (Å²) in [5.41, 5.74) is 0.133. The van der Waals surface area contributed by atoms with Crippen LogP contribution in [0.25, 0.3) is 0 Å². The Morgan fingerprint density at radius 2 is 2.00 bits per heavy atom. The van der Waals surface area contributed by atoms with Crippen LogP contribution in [0.1, 0.15) is 34.1 Å². The molecule has 0 saturated heterocycles. The SMILES string of the molecule is CC/N=C(/C)C(C)(O)CC. The summed E-state index contributed by atoms with van der Waals surface area (Å²) in [7, 11) is 0. The predicted molar refractivity (Wildman–Crippen MR) is 44.6 cm³/mol. The van der Waals surface area contributed by atoms with Gasteiger partial charge in [0.15, 0.2) is 0 Å². The number of nitrogens with zero attached hydrogens (tertiary/aromatic N) is 1. The molecular weight excluding hydrogens is 126 g/mol. The normalized spacial score (nSPS) is 18.7. The maximum absolute atomic E-state index is 9.59. The minimum atomic E-state index is -0.698. The quantitative estimate of drug-likeness (QED) is 0.598. The molecule has 0 amide bonds. The van der Waals surface area contributed by atoms with Gasteiger partial charge in [0.25, 0.3) is 0 Å². The Kier molecular flexibility index (Phi) is 3.58. The van der Waals surface area contributed by atoms with E-state index in [2.05, 4.69) is 4.99 Å². The van der Waals surface area contributed by atoms with Crippen LogP contribution in [-0.4, -0.2) is 23.0 Å². The van der Waals surface area contributed by atoms with Gasteiger partial charge in [0.2, 0.25) is 0 Å². The zero-order chi connectivity index (χ0) is 8.20. The van der Waals surface area contributed by atoms with E-state index in [1.807, 2.05) is 20.8 Å². The number of aliphatic hydroxyl groups is 1. The molecule has 0 aliphatic rings. The highest BCUT2D eigenvalue weighted by molar-refractivity contribution is 5.89. The van der Waals surface area contributed by atoms with Gasteiger partial charge < -0.3 is 5.11 Å². The van der Waals surface area contributed by atoms with E-state index >= 15 is 0 Å². The van der Waals surface area contributed by atoms with Crippen molar-refractivity contribution in [2.24, 2.45) is 4.99 Å². The van der Waals surface area contributed by atoms with E-state index in [-0.39, 0.29) is 0 Å². The molecular formula is C8H17NO. The maximum Gasteiger partial charge on any atom is 0.0988 e. The van der Waals surface area contributed by atoms with Gasteiger partial charge in [-0.25, -0.2) is 0 Å². The molecule has 0 fully saturated rings. The minimum absolute atomic E-state index is 0.698. The molecule has 0 heterocycles. The Labute approximate surface area is 63.0 Å². The Hall–Kier alpha value is -0.370. The average molecular weight is 143 g/mol. The molecule has 1 atom stereocenters. The third-order valence-electron chi connectivity index (χ3n) is 1.86. The average Bonchev–Trinajstić information content (AvgIpc) is 1.89. The van der Waals surface area contributed by atoms with E-state index in [4.69, 9.17) is 0 Å². The molecule has 0 rings (SSSR count). The zero-order valence-electron chi connectivity index (χ0n) is 7.31. The van der Waals surface area contributed by atoms with E-state index in [1.165, 1.54) is 0 Å². The highest BCUT2D eigenvalue weighted by atomic mass is 16.3. The van der Waals surface area contributed by atoms with Crippen LogP contribution in [0.5, 0.6) is 0 Å². The molecule has 0 aromatic heterocycles. The fourth-order valence-corrected chi connectivity index (χ4v) is 0.663. The molecule has 2 heteroatoms. The standard InChI is InChI=1S/C8H17NO/c1-5-8(4,10)7(3)9-6-2/h10H,5-6H2,1-4H3/b9-7-. The summed E-state index contributed by atoms with van der Waals surface area (Å²) >= 11 is 0. The first-order valence-corrected chi connectivity index (χ1v) is 3.78. The van der Waals surface area contributed by atoms with Gasteiger partial charge in [-0.1, -0.05) is 6.92 Å². The van der Waals surface area contributed by atoms with Crippen LogP contribution in [0.2, 0.25) is 0 Å². The lowest BCUT2D eigenvalue weighted by Gasteiger charge is -2.20. The summed E-state index contributed by atoms with van der Waals surface area (Å²) < 4.78 is 0. The monoisotopic (exact) mass is 143 g/mol. The smallest absolute Gasteiger partial charge is 0.0988 e. The Morgan fingerprint density at radius 3 is 2.30 bits per heavy atom. The van der Waals surface area contributed by atoms with Gasteiger partial charge in [0.05, 0.1) is 5.60 Å². The van der Waals surface area contributed by atoms with Crippen molar-refractivity contribution >= 4 is 5.71 Å². The van der Waals surface area contributed by atoms with Crippen LogP contribution in [0.15, 0.2) is 4.99 Å². The second kappa shape index (κ2) is 3.71. The Balaban J connectivity index is 4.17. The van der Waals surface area contributed by atoms with Crippen molar-refractivity contribution < 1.29 is 5.11 Å². The lowest BCUT2D eigenvalue weighted by molar-refractivity contribution is 0.127. The molecule has 10 heavy (non-hydrogen) atoms. The number of hydrogen-bond acceptors (Lipinski definition) is 2. The lowest BCUT2D eigenvalue weighted by atomic mass is 9.98. The van der Waals surface area contributed by atoms with Crippen LogP contribution >= 0.6 is 0 Å². The van der Waals surface area contributed by atoms with Crippen LogP contribution in [0, 0.1) is 0 Å². The second-order valence-corrected chi connectivity index (χ2v) is 2.69. The highest BCUT2D eigenvalue weighted by Crippen LogP contribution is 2.10. The molecule has 60 valence electrons. The summed E-state index contributed by atoms with van der Waals surface area (Å²) in [5, 5.41) is 9.59. The fraction of sp³-hybridized carbons (Fsp3) is 0.875. The van der Waals surface area contributed by atoms with Gasteiger partial charge in [-0.05, 0) is 27.2 Å². The van der Waals surface area contributed by atoms with Gasteiger partial charge in [-0.15, -0.1) is 0 Å². The van der Waals surface area contributed by atoms with Crippen LogP contribution in [-0.2, 0) is 0 Å². The molecule has 0 spiro atoms. The van der Waals surface area contributed by atoms with Crippen LogP contribution in [0.4, 0.5) is 0 Å². The predicted octanol–water partition coefficient (Wildman–Crippen LogP) is 1.63. The third-order valence-corrected chi connectivity index (χ3v) is 1.86. The summed E-state index contributed by atoms with van der Waals surface area (Å²) in [4.78, 5) is 4.13. The molecule has 0 saturated carbocycles. The van der Waals surface area contributed by atoms with Gasteiger partial charge >= 0.3 is 0 Å². The Bertz CT molecular complexity index is 127. The van der Waals surface area contributed by atoms with E-state index < -0.39 is 5.60 Å². The Morgan fingerprint density at radius 1 is 1.50 bits per heavy atom. The van der Waals surface area contributed by atoms with Crippen molar-refractivity contribution in [2.45, 2.75) is 39.7 Å². The molecule has 0 bridgehead atoms. The topological polar surface area (TPSA) is 32.6 Å². The molecule has 0 aliphatic carbocycles. The third kappa shape index (κ3) is 2.48. The van der Waals surface area contributed by atoms with Gasteiger partial charge in [-0.3, -0.25) is 4.99 Å². The fourth-order valence-electron chi connectivity index (χ4n) is 0.663. The van der Waals surface area contributed by atoms with Gasteiger partial charge in [0.1, 0.15) is 0 Å². The first-order valence-electron chi connectivity index (χ1n) is 3.78.